The van der Waals surface area contributed by atoms with E-state index in [4.69, 9.17) is 5.73 Å². The van der Waals surface area contributed by atoms with Gasteiger partial charge in [0.05, 0.1) is 0 Å². The molecule has 1 aromatic rings. The van der Waals surface area contributed by atoms with Crippen LogP contribution in [0.3, 0.4) is 0 Å². The molecule has 1 atom stereocenters. The van der Waals surface area contributed by atoms with Crippen LogP contribution in [0.5, 0.6) is 0 Å². The van der Waals surface area contributed by atoms with Gasteiger partial charge in [0.15, 0.2) is 0 Å². The molecule has 0 spiro atoms. The van der Waals surface area contributed by atoms with Crippen LogP contribution in [-0.2, 0) is 6.42 Å². The van der Waals surface area contributed by atoms with Crippen molar-refractivity contribution in [3.05, 3.63) is 29.8 Å². The Balaban J connectivity index is 1.50. The number of hydrogen-bond donors (Lipinski definition) is 1. The highest BCUT2D eigenvalue weighted by atomic mass is 15.2. The summed E-state index contributed by atoms with van der Waals surface area (Å²) >= 11 is 0. The Hall–Kier alpha value is -1.02. The van der Waals surface area contributed by atoms with Crippen LogP contribution in [0.4, 0.5) is 5.69 Å². The monoisotopic (exact) mass is 272 g/mol. The third kappa shape index (κ3) is 3.54. The van der Waals surface area contributed by atoms with Gasteiger partial charge in [-0.05, 0) is 42.9 Å². The van der Waals surface area contributed by atoms with E-state index in [1.54, 1.807) is 0 Å². The van der Waals surface area contributed by atoms with E-state index in [1.807, 2.05) is 0 Å². The smallest absolute Gasteiger partial charge is 0.0366 e. The maximum absolute atomic E-state index is 5.98. The number of hydrogen-bond acceptors (Lipinski definition) is 2. The van der Waals surface area contributed by atoms with Crippen molar-refractivity contribution in [2.75, 3.05) is 18.0 Å². The van der Waals surface area contributed by atoms with Crippen molar-refractivity contribution in [2.45, 2.75) is 57.4 Å². The van der Waals surface area contributed by atoms with Crippen LogP contribution in [0.15, 0.2) is 24.3 Å². The molecule has 1 aliphatic heterocycles. The Kier molecular flexibility index (Phi) is 4.62. The van der Waals surface area contributed by atoms with E-state index in [9.17, 15) is 0 Å². The topological polar surface area (TPSA) is 29.3 Å². The van der Waals surface area contributed by atoms with Crippen molar-refractivity contribution < 1.29 is 0 Å². The molecular formula is C18H28N2. The largest absolute Gasteiger partial charge is 0.370 e. The quantitative estimate of drug-likeness (QED) is 0.904. The van der Waals surface area contributed by atoms with E-state index in [1.165, 1.54) is 56.2 Å². The maximum atomic E-state index is 5.98. The molecule has 2 heteroatoms. The lowest BCUT2D eigenvalue weighted by Crippen LogP contribution is -2.26. The van der Waals surface area contributed by atoms with Crippen LogP contribution in [-0.4, -0.2) is 19.1 Å². The third-order valence-electron chi connectivity index (χ3n) is 5.09. The molecule has 3 rings (SSSR count). The van der Waals surface area contributed by atoms with Crippen LogP contribution in [0.25, 0.3) is 0 Å². The Morgan fingerprint density at radius 3 is 2.40 bits per heavy atom. The van der Waals surface area contributed by atoms with Gasteiger partial charge in [-0.25, -0.2) is 0 Å². The minimum Gasteiger partial charge on any atom is -0.370 e. The first-order valence-corrected chi connectivity index (χ1v) is 8.41. The van der Waals surface area contributed by atoms with Crippen molar-refractivity contribution in [1.82, 2.24) is 0 Å². The van der Waals surface area contributed by atoms with E-state index in [0.29, 0.717) is 6.04 Å². The summed E-state index contributed by atoms with van der Waals surface area (Å²) in [5.74, 6) is 0.986. The first-order chi connectivity index (χ1) is 9.81. The summed E-state index contributed by atoms with van der Waals surface area (Å²) in [5, 5.41) is 0. The highest BCUT2D eigenvalue weighted by Gasteiger charge is 2.19. The molecule has 1 heterocycles. The van der Waals surface area contributed by atoms with Gasteiger partial charge in [-0.15, -0.1) is 0 Å². The van der Waals surface area contributed by atoms with Crippen LogP contribution >= 0.6 is 0 Å². The zero-order chi connectivity index (χ0) is 13.8. The second-order valence-electron chi connectivity index (χ2n) is 6.70. The molecule has 0 radical (unpaired) electrons. The lowest BCUT2D eigenvalue weighted by molar-refractivity contribution is 0.339. The zero-order valence-corrected chi connectivity index (χ0v) is 12.6. The minimum atomic E-state index is 0.362. The number of rotatable bonds is 4. The molecule has 0 aromatic heterocycles. The molecule has 1 aliphatic carbocycles. The van der Waals surface area contributed by atoms with Gasteiger partial charge < -0.3 is 10.6 Å². The van der Waals surface area contributed by atoms with Crippen molar-refractivity contribution >= 4 is 5.69 Å². The summed E-state index contributed by atoms with van der Waals surface area (Å²) in [6.07, 6.45) is 11.1. The summed E-state index contributed by atoms with van der Waals surface area (Å²) in [6.45, 7) is 2.13. The second kappa shape index (κ2) is 6.62. The molecule has 2 fully saturated rings. The molecule has 2 N–H and O–H groups in total. The first kappa shape index (κ1) is 13.9. The Morgan fingerprint density at radius 2 is 1.75 bits per heavy atom. The standard InChI is InChI=1S/C18H28N2/c19-17-12-13-20(14-17)18-10-8-16(9-11-18)7-6-15-4-2-1-3-5-15/h8-11,15,17H,1-7,12-14,19H2. The Labute approximate surface area is 123 Å². The van der Waals surface area contributed by atoms with E-state index in [2.05, 4.69) is 29.2 Å². The van der Waals surface area contributed by atoms with Gasteiger partial charge in [0.25, 0.3) is 0 Å². The van der Waals surface area contributed by atoms with Crippen LogP contribution in [0.1, 0.15) is 50.5 Å². The number of nitrogens with zero attached hydrogens (tertiary/aromatic N) is 1. The molecule has 1 unspecified atom stereocenters. The average Bonchev–Trinajstić information content (AvgIpc) is 2.93. The van der Waals surface area contributed by atoms with Crippen molar-refractivity contribution in [3.63, 3.8) is 0 Å². The normalized spacial score (nSPS) is 24.2. The fraction of sp³-hybridized carbons (Fsp3) is 0.667. The van der Waals surface area contributed by atoms with E-state index in [0.717, 1.165) is 25.4 Å². The molecule has 1 saturated carbocycles. The molecule has 0 bridgehead atoms. The molecule has 2 nitrogen and oxygen atoms in total. The average molecular weight is 272 g/mol. The van der Waals surface area contributed by atoms with Gasteiger partial charge in [0.1, 0.15) is 0 Å². The van der Waals surface area contributed by atoms with E-state index < -0.39 is 0 Å². The van der Waals surface area contributed by atoms with Gasteiger partial charge >= 0.3 is 0 Å². The predicted octanol–water partition coefficient (Wildman–Crippen LogP) is 3.74. The lowest BCUT2D eigenvalue weighted by Gasteiger charge is -2.21. The van der Waals surface area contributed by atoms with Gasteiger partial charge in [-0.2, -0.15) is 0 Å². The minimum absolute atomic E-state index is 0.362. The van der Waals surface area contributed by atoms with E-state index >= 15 is 0 Å². The fourth-order valence-electron chi connectivity index (χ4n) is 3.74. The van der Waals surface area contributed by atoms with Crippen molar-refractivity contribution in [2.24, 2.45) is 11.7 Å². The van der Waals surface area contributed by atoms with Crippen molar-refractivity contribution in [3.8, 4) is 0 Å². The summed E-state index contributed by atoms with van der Waals surface area (Å²) in [5.41, 5.74) is 8.83. The van der Waals surface area contributed by atoms with Gasteiger partial charge in [-0.3, -0.25) is 0 Å². The highest BCUT2D eigenvalue weighted by molar-refractivity contribution is 5.48. The molecular weight excluding hydrogens is 244 g/mol. The predicted molar refractivity (Wildman–Crippen MR) is 86.1 cm³/mol. The lowest BCUT2D eigenvalue weighted by atomic mass is 9.85. The summed E-state index contributed by atoms with van der Waals surface area (Å²) < 4.78 is 0. The summed E-state index contributed by atoms with van der Waals surface area (Å²) in [7, 11) is 0. The molecule has 1 saturated heterocycles. The van der Waals surface area contributed by atoms with Crippen LogP contribution < -0.4 is 10.6 Å². The number of anilines is 1. The highest BCUT2D eigenvalue weighted by Crippen LogP contribution is 2.28. The van der Waals surface area contributed by atoms with Crippen LogP contribution in [0, 0.1) is 5.92 Å². The molecule has 0 amide bonds. The van der Waals surface area contributed by atoms with Crippen LogP contribution in [0.2, 0.25) is 0 Å². The zero-order valence-electron chi connectivity index (χ0n) is 12.6. The second-order valence-corrected chi connectivity index (χ2v) is 6.70. The summed E-state index contributed by atoms with van der Waals surface area (Å²) in [6, 6.07) is 9.58. The molecule has 20 heavy (non-hydrogen) atoms. The Bertz CT molecular complexity index is 406. The SMILES string of the molecule is NC1CCN(c2ccc(CCC3CCCCC3)cc2)C1. The van der Waals surface area contributed by atoms with Gasteiger partial charge in [-0.1, -0.05) is 44.2 Å². The fourth-order valence-corrected chi connectivity index (χ4v) is 3.74. The third-order valence-corrected chi connectivity index (χ3v) is 5.09. The maximum Gasteiger partial charge on any atom is 0.0366 e. The van der Waals surface area contributed by atoms with Crippen molar-refractivity contribution in [1.29, 1.82) is 0 Å². The van der Waals surface area contributed by atoms with E-state index in [-0.39, 0.29) is 0 Å². The number of nitrogens with two attached hydrogens (primary N) is 1. The molecule has 110 valence electrons. The first-order valence-electron chi connectivity index (χ1n) is 8.41. The number of benzene rings is 1. The molecule has 1 aromatic carbocycles. The Morgan fingerprint density at radius 1 is 1.00 bits per heavy atom. The van der Waals surface area contributed by atoms with Gasteiger partial charge in [0, 0.05) is 24.8 Å². The summed E-state index contributed by atoms with van der Waals surface area (Å²) in [4.78, 5) is 2.41. The van der Waals surface area contributed by atoms with Gasteiger partial charge in [0.2, 0.25) is 0 Å². The molecule has 2 aliphatic rings. The number of aryl methyl sites for hydroxylation is 1.